The fourth-order valence-corrected chi connectivity index (χ4v) is 1.95. The van der Waals surface area contributed by atoms with Crippen molar-refractivity contribution in [1.82, 2.24) is 0 Å². The lowest BCUT2D eigenvalue weighted by Gasteiger charge is -2.13. The smallest absolute Gasteiger partial charge is 0.352 e. The molecule has 1 aliphatic carbocycles. The summed E-state index contributed by atoms with van der Waals surface area (Å²) >= 11 is 0. The topological polar surface area (TPSA) is 52.6 Å². The maximum atomic E-state index is 14.3. The summed E-state index contributed by atoms with van der Waals surface area (Å²) in [5.74, 6) is -1.48. The van der Waals surface area contributed by atoms with Crippen molar-refractivity contribution < 1.29 is 23.5 Å². The van der Waals surface area contributed by atoms with Crippen molar-refractivity contribution >= 4 is 11.8 Å². The number of hydrogen-bond donors (Lipinski definition) is 0. The van der Waals surface area contributed by atoms with Crippen molar-refractivity contribution in [2.24, 2.45) is 0 Å². The first-order chi connectivity index (χ1) is 8.02. The predicted octanol–water partition coefficient (Wildman–Crippen LogP) is 1.32. The van der Waals surface area contributed by atoms with Gasteiger partial charge in [0, 0.05) is 12.0 Å². The molecule has 4 nitrogen and oxygen atoms in total. The van der Waals surface area contributed by atoms with Gasteiger partial charge in [-0.25, -0.2) is 9.18 Å². The van der Waals surface area contributed by atoms with Crippen LogP contribution in [0.3, 0.4) is 0 Å². The molecule has 1 aliphatic rings. The molecule has 0 N–H and O–H groups in total. The van der Waals surface area contributed by atoms with Crippen LogP contribution in [-0.2, 0) is 16.0 Å². The third-order valence-corrected chi connectivity index (χ3v) is 2.86. The Bertz CT molecular complexity index is 497. The summed E-state index contributed by atoms with van der Waals surface area (Å²) < 4.78 is 23.6. The minimum absolute atomic E-state index is 0.207. The van der Waals surface area contributed by atoms with E-state index in [1.165, 1.54) is 13.2 Å². The molecule has 0 heterocycles. The van der Waals surface area contributed by atoms with Gasteiger partial charge in [0.05, 0.1) is 14.2 Å². The average molecular weight is 238 g/mol. The van der Waals surface area contributed by atoms with Gasteiger partial charge in [-0.05, 0) is 23.8 Å². The predicted molar refractivity (Wildman–Crippen MR) is 56.9 cm³/mol. The molecule has 17 heavy (non-hydrogen) atoms. The standard InChI is InChI=1S/C12H11FO4/c1-16-8-3-4-9-7(5-8)6-12(13,10(9)14)11(15)17-2/h3-5H,6H2,1-2H3. The van der Waals surface area contributed by atoms with Crippen molar-refractivity contribution in [2.75, 3.05) is 14.2 Å². The number of benzene rings is 1. The van der Waals surface area contributed by atoms with E-state index in [1.54, 1.807) is 12.1 Å². The Morgan fingerprint density at radius 1 is 1.41 bits per heavy atom. The molecular weight excluding hydrogens is 227 g/mol. The Balaban J connectivity index is 2.45. The molecule has 1 aromatic carbocycles. The minimum Gasteiger partial charge on any atom is -0.497 e. The molecule has 0 spiro atoms. The highest BCUT2D eigenvalue weighted by atomic mass is 19.1. The van der Waals surface area contributed by atoms with Gasteiger partial charge in [0.25, 0.3) is 5.67 Å². The van der Waals surface area contributed by atoms with Gasteiger partial charge in [0.15, 0.2) is 0 Å². The van der Waals surface area contributed by atoms with Crippen molar-refractivity contribution in [3.63, 3.8) is 0 Å². The third kappa shape index (κ3) is 1.58. The van der Waals surface area contributed by atoms with E-state index in [-0.39, 0.29) is 12.0 Å². The van der Waals surface area contributed by atoms with Gasteiger partial charge in [0.2, 0.25) is 5.78 Å². The second-order valence-electron chi connectivity index (χ2n) is 3.82. The maximum absolute atomic E-state index is 14.3. The Kier molecular flexibility index (Phi) is 2.61. The van der Waals surface area contributed by atoms with Crippen LogP contribution in [-0.4, -0.2) is 31.6 Å². The maximum Gasteiger partial charge on any atom is 0.352 e. The number of hydrogen-bond acceptors (Lipinski definition) is 4. The van der Waals surface area contributed by atoms with Gasteiger partial charge in [-0.15, -0.1) is 0 Å². The minimum atomic E-state index is -2.59. The van der Waals surface area contributed by atoms with E-state index in [4.69, 9.17) is 4.74 Å². The molecule has 5 heteroatoms. The lowest BCUT2D eigenvalue weighted by molar-refractivity contribution is -0.150. The molecule has 1 atom stereocenters. The van der Waals surface area contributed by atoms with Crippen LogP contribution in [0.2, 0.25) is 0 Å². The monoisotopic (exact) mass is 238 g/mol. The summed E-state index contributed by atoms with van der Waals surface area (Å²) in [7, 11) is 2.53. The molecule has 0 saturated heterocycles. The fourth-order valence-electron chi connectivity index (χ4n) is 1.95. The van der Waals surface area contributed by atoms with E-state index in [0.717, 1.165) is 7.11 Å². The largest absolute Gasteiger partial charge is 0.497 e. The van der Waals surface area contributed by atoms with Crippen LogP contribution in [0.5, 0.6) is 5.75 Å². The summed E-state index contributed by atoms with van der Waals surface area (Å²) in [4.78, 5) is 23.1. The molecule has 1 aromatic rings. The Morgan fingerprint density at radius 3 is 2.71 bits per heavy atom. The van der Waals surface area contributed by atoms with Crippen molar-refractivity contribution in [2.45, 2.75) is 12.1 Å². The summed E-state index contributed by atoms with van der Waals surface area (Å²) in [5.41, 5.74) is -1.93. The zero-order valence-electron chi connectivity index (χ0n) is 9.45. The fraction of sp³-hybridized carbons (Fsp3) is 0.333. The van der Waals surface area contributed by atoms with Crippen molar-refractivity contribution in [3.8, 4) is 5.75 Å². The van der Waals surface area contributed by atoms with Gasteiger partial charge in [-0.3, -0.25) is 4.79 Å². The second-order valence-corrected chi connectivity index (χ2v) is 3.82. The normalized spacial score (nSPS) is 22.2. The van der Waals surface area contributed by atoms with E-state index >= 15 is 0 Å². The van der Waals surface area contributed by atoms with Crippen LogP contribution < -0.4 is 4.74 Å². The lowest BCUT2D eigenvalue weighted by Crippen LogP contribution is -2.40. The Labute approximate surface area is 97.3 Å². The number of fused-ring (bicyclic) bond motifs is 1. The first kappa shape index (κ1) is 11.6. The van der Waals surface area contributed by atoms with Crippen LogP contribution in [0.1, 0.15) is 15.9 Å². The highest BCUT2D eigenvalue weighted by Gasteiger charge is 2.53. The van der Waals surface area contributed by atoms with E-state index in [0.29, 0.717) is 11.3 Å². The zero-order valence-corrected chi connectivity index (χ0v) is 9.45. The van der Waals surface area contributed by atoms with Crippen LogP contribution in [0, 0.1) is 0 Å². The summed E-state index contributed by atoms with van der Waals surface area (Å²) in [5, 5.41) is 0. The van der Waals surface area contributed by atoms with Gasteiger partial charge in [-0.2, -0.15) is 0 Å². The number of esters is 1. The van der Waals surface area contributed by atoms with Crippen molar-refractivity contribution in [3.05, 3.63) is 29.3 Å². The van der Waals surface area contributed by atoms with Crippen LogP contribution in [0.4, 0.5) is 4.39 Å². The number of carbonyl (C=O) groups excluding carboxylic acids is 2. The molecule has 1 unspecified atom stereocenters. The van der Waals surface area contributed by atoms with E-state index in [2.05, 4.69) is 4.74 Å². The summed E-state index contributed by atoms with van der Waals surface area (Å²) in [6, 6.07) is 4.57. The molecule has 90 valence electrons. The van der Waals surface area contributed by atoms with Gasteiger partial charge in [0.1, 0.15) is 5.75 Å². The number of ketones is 1. The van der Waals surface area contributed by atoms with E-state index in [9.17, 15) is 14.0 Å². The molecule has 0 aliphatic heterocycles. The average Bonchev–Trinajstić information content (AvgIpc) is 2.61. The van der Waals surface area contributed by atoms with E-state index in [1.807, 2.05) is 0 Å². The molecule has 0 radical (unpaired) electrons. The number of rotatable bonds is 2. The quantitative estimate of drug-likeness (QED) is 0.576. The molecular formula is C12H11FO4. The molecule has 0 fully saturated rings. The number of halogens is 1. The second kappa shape index (κ2) is 3.84. The number of Topliss-reactive ketones (excluding diaryl/α,β-unsaturated/α-hetero) is 1. The number of carbonyl (C=O) groups is 2. The number of alkyl halides is 1. The first-order valence-corrected chi connectivity index (χ1v) is 5.02. The summed E-state index contributed by atoms with van der Waals surface area (Å²) in [6.07, 6.45) is -0.301. The molecule has 0 saturated carbocycles. The van der Waals surface area contributed by atoms with Gasteiger partial charge in [-0.1, -0.05) is 0 Å². The molecule has 2 rings (SSSR count). The molecule has 0 amide bonds. The number of ether oxygens (including phenoxy) is 2. The van der Waals surface area contributed by atoms with E-state index < -0.39 is 17.4 Å². The van der Waals surface area contributed by atoms with Gasteiger partial charge >= 0.3 is 5.97 Å². The Hall–Kier alpha value is -1.91. The zero-order chi connectivity index (χ0) is 12.6. The number of methoxy groups -OCH3 is 2. The first-order valence-electron chi connectivity index (χ1n) is 5.02. The molecule has 0 aromatic heterocycles. The Morgan fingerprint density at radius 2 is 2.12 bits per heavy atom. The van der Waals surface area contributed by atoms with Crippen molar-refractivity contribution in [1.29, 1.82) is 0 Å². The van der Waals surface area contributed by atoms with Crippen LogP contribution in [0.25, 0.3) is 0 Å². The highest BCUT2D eigenvalue weighted by molar-refractivity contribution is 6.18. The summed E-state index contributed by atoms with van der Waals surface area (Å²) in [6.45, 7) is 0. The SMILES string of the molecule is COC(=O)C1(F)Cc2cc(OC)ccc2C1=O. The lowest BCUT2D eigenvalue weighted by atomic mass is 10.0. The van der Waals surface area contributed by atoms with Crippen LogP contribution >= 0.6 is 0 Å². The van der Waals surface area contributed by atoms with Gasteiger partial charge < -0.3 is 9.47 Å². The third-order valence-electron chi connectivity index (χ3n) is 2.86. The van der Waals surface area contributed by atoms with Crippen LogP contribution in [0.15, 0.2) is 18.2 Å². The molecule has 0 bridgehead atoms. The highest BCUT2D eigenvalue weighted by Crippen LogP contribution is 2.35.